The van der Waals surface area contributed by atoms with Crippen LogP contribution >= 0.6 is 0 Å². The number of amides is 1. The van der Waals surface area contributed by atoms with Gasteiger partial charge in [0, 0.05) is 25.7 Å². The number of carbonyl (C=O) groups excluding carboxylic acids is 1. The fourth-order valence-electron chi connectivity index (χ4n) is 3.49. The molecule has 140 valence electrons. The summed E-state index contributed by atoms with van der Waals surface area (Å²) in [5, 5.41) is 0. The number of sulfonamides is 1. The molecule has 2 fully saturated rings. The molecule has 2 aromatic rings. The molecule has 0 radical (unpaired) electrons. The summed E-state index contributed by atoms with van der Waals surface area (Å²) in [6.07, 6.45) is 1.12. The van der Waals surface area contributed by atoms with E-state index < -0.39 is 21.8 Å². The van der Waals surface area contributed by atoms with Crippen molar-refractivity contribution in [3.8, 4) is 0 Å². The highest BCUT2D eigenvalue weighted by Crippen LogP contribution is 2.28. The van der Waals surface area contributed by atoms with Crippen LogP contribution in [0.5, 0.6) is 0 Å². The Labute approximate surface area is 149 Å². The average molecular weight is 381 g/mol. The molecule has 1 aromatic heterocycles. The maximum Gasteiger partial charge on any atom is 0.417 e. The minimum absolute atomic E-state index is 0.00873. The summed E-state index contributed by atoms with van der Waals surface area (Å²) in [5.41, 5.74) is 0.600. The van der Waals surface area contributed by atoms with Crippen LogP contribution in [-0.2, 0) is 19.6 Å². The van der Waals surface area contributed by atoms with Crippen LogP contribution in [-0.4, -0.2) is 67.4 Å². The Morgan fingerprint density at radius 1 is 1.19 bits per heavy atom. The second kappa shape index (κ2) is 6.53. The molecule has 0 unspecified atom stereocenters. The number of aromatic amines is 1. The van der Waals surface area contributed by atoms with Crippen molar-refractivity contribution in [1.29, 1.82) is 0 Å². The average Bonchev–Trinajstić information content (AvgIpc) is 3.27. The number of H-pyrrole nitrogens is 1. The third kappa shape index (κ3) is 2.93. The minimum Gasteiger partial charge on any atom is -0.408 e. The van der Waals surface area contributed by atoms with Crippen molar-refractivity contribution in [1.82, 2.24) is 14.2 Å². The Hall–Kier alpha value is -2.17. The van der Waals surface area contributed by atoms with Crippen molar-refractivity contribution >= 4 is 27.0 Å². The van der Waals surface area contributed by atoms with Crippen LogP contribution in [0.25, 0.3) is 11.1 Å². The van der Waals surface area contributed by atoms with E-state index in [-0.39, 0.29) is 22.9 Å². The van der Waals surface area contributed by atoms with E-state index in [0.717, 1.165) is 0 Å². The van der Waals surface area contributed by atoms with Gasteiger partial charge in [0.15, 0.2) is 5.58 Å². The second-order valence-corrected chi connectivity index (χ2v) is 8.27. The number of rotatable bonds is 3. The number of ether oxygens (including phenoxy) is 1. The van der Waals surface area contributed by atoms with Crippen molar-refractivity contribution in [2.45, 2.75) is 23.8 Å². The van der Waals surface area contributed by atoms with Gasteiger partial charge < -0.3 is 14.1 Å². The van der Waals surface area contributed by atoms with Gasteiger partial charge in [-0.1, -0.05) is 0 Å². The summed E-state index contributed by atoms with van der Waals surface area (Å²) in [4.78, 5) is 28.2. The van der Waals surface area contributed by atoms with Crippen LogP contribution in [0.4, 0.5) is 0 Å². The van der Waals surface area contributed by atoms with Gasteiger partial charge in [0.05, 0.1) is 23.6 Å². The molecule has 10 heteroatoms. The zero-order valence-electron chi connectivity index (χ0n) is 14.0. The quantitative estimate of drug-likeness (QED) is 0.809. The highest BCUT2D eigenvalue weighted by Gasteiger charge is 2.41. The summed E-state index contributed by atoms with van der Waals surface area (Å²) in [6.45, 7) is 2.17. The molecule has 2 aliphatic heterocycles. The monoisotopic (exact) mass is 381 g/mol. The Kier molecular flexibility index (Phi) is 4.33. The summed E-state index contributed by atoms with van der Waals surface area (Å²) in [5.74, 6) is -0.820. The summed E-state index contributed by atoms with van der Waals surface area (Å²) in [6, 6.07) is 3.52. The molecule has 9 nitrogen and oxygen atoms in total. The SMILES string of the molecule is O=C([C@H]1CCCN1S(=O)(=O)c1ccc2[nH]c(=O)oc2c1)N1CCOCC1. The van der Waals surface area contributed by atoms with Gasteiger partial charge in [-0.05, 0) is 25.0 Å². The fourth-order valence-corrected chi connectivity index (χ4v) is 5.16. The molecule has 0 saturated carbocycles. The molecule has 0 bridgehead atoms. The maximum atomic E-state index is 13.1. The normalized spacial score (nSPS) is 22.2. The van der Waals surface area contributed by atoms with Crippen LogP contribution in [0.3, 0.4) is 0 Å². The lowest BCUT2D eigenvalue weighted by molar-refractivity contribution is -0.138. The molecule has 1 amide bonds. The highest BCUT2D eigenvalue weighted by molar-refractivity contribution is 7.89. The van der Waals surface area contributed by atoms with E-state index in [9.17, 15) is 18.0 Å². The van der Waals surface area contributed by atoms with E-state index in [1.165, 1.54) is 22.5 Å². The van der Waals surface area contributed by atoms with E-state index in [2.05, 4.69) is 4.98 Å². The van der Waals surface area contributed by atoms with Crippen LogP contribution < -0.4 is 5.76 Å². The van der Waals surface area contributed by atoms with Gasteiger partial charge in [0.1, 0.15) is 6.04 Å². The first-order chi connectivity index (χ1) is 12.5. The number of nitrogens with zero attached hydrogens (tertiary/aromatic N) is 2. The second-order valence-electron chi connectivity index (χ2n) is 6.38. The molecule has 26 heavy (non-hydrogen) atoms. The topological polar surface area (TPSA) is 113 Å². The van der Waals surface area contributed by atoms with Gasteiger partial charge in [-0.2, -0.15) is 4.31 Å². The predicted molar refractivity (Wildman–Crippen MR) is 91.1 cm³/mol. The molecular formula is C16H19N3O6S. The van der Waals surface area contributed by atoms with Crippen molar-refractivity contribution in [3.63, 3.8) is 0 Å². The molecule has 1 aromatic carbocycles. The first-order valence-corrected chi connectivity index (χ1v) is 9.92. The largest absolute Gasteiger partial charge is 0.417 e. The number of aromatic nitrogens is 1. The number of benzene rings is 1. The fraction of sp³-hybridized carbons (Fsp3) is 0.500. The summed E-state index contributed by atoms with van der Waals surface area (Å²) < 4.78 is 37.6. The van der Waals surface area contributed by atoms with Crippen LogP contribution in [0.2, 0.25) is 0 Å². The number of morpholine rings is 1. The van der Waals surface area contributed by atoms with Gasteiger partial charge in [-0.15, -0.1) is 0 Å². The number of oxazole rings is 1. The molecule has 0 spiro atoms. The van der Waals surface area contributed by atoms with Gasteiger partial charge in [0.2, 0.25) is 15.9 Å². The predicted octanol–water partition coefficient (Wildman–Crippen LogP) is 0.133. The Balaban J connectivity index is 1.64. The molecule has 3 heterocycles. The zero-order chi connectivity index (χ0) is 18.3. The number of nitrogens with one attached hydrogen (secondary N) is 1. The van der Waals surface area contributed by atoms with Gasteiger partial charge >= 0.3 is 5.76 Å². The van der Waals surface area contributed by atoms with E-state index in [1.54, 1.807) is 4.90 Å². The van der Waals surface area contributed by atoms with Gasteiger partial charge in [-0.3, -0.25) is 9.78 Å². The van der Waals surface area contributed by atoms with E-state index >= 15 is 0 Å². The number of fused-ring (bicyclic) bond motifs is 1. The lowest BCUT2D eigenvalue weighted by atomic mass is 10.2. The van der Waals surface area contributed by atoms with Crippen molar-refractivity contribution in [2.75, 3.05) is 32.8 Å². The van der Waals surface area contributed by atoms with E-state index in [0.29, 0.717) is 44.7 Å². The van der Waals surface area contributed by atoms with Crippen molar-refractivity contribution in [3.05, 3.63) is 28.7 Å². The lowest BCUT2D eigenvalue weighted by Gasteiger charge is -2.32. The molecule has 2 aliphatic rings. The lowest BCUT2D eigenvalue weighted by Crippen LogP contribution is -2.50. The maximum absolute atomic E-state index is 13.1. The Morgan fingerprint density at radius 2 is 1.96 bits per heavy atom. The smallest absolute Gasteiger partial charge is 0.408 e. The van der Waals surface area contributed by atoms with Crippen molar-refractivity contribution < 1.29 is 22.4 Å². The Morgan fingerprint density at radius 3 is 2.73 bits per heavy atom. The highest BCUT2D eigenvalue weighted by atomic mass is 32.2. The number of hydrogen-bond acceptors (Lipinski definition) is 6. The minimum atomic E-state index is -3.88. The number of hydrogen-bond donors (Lipinski definition) is 1. The van der Waals surface area contributed by atoms with E-state index in [4.69, 9.17) is 9.15 Å². The van der Waals surface area contributed by atoms with Crippen LogP contribution in [0.1, 0.15) is 12.8 Å². The van der Waals surface area contributed by atoms with Crippen LogP contribution in [0, 0.1) is 0 Å². The molecule has 2 saturated heterocycles. The molecule has 1 N–H and O–H groups in total. The molecular weight excluding hydrogens is 362 g/mol. The third-order valence-electron chi connectivity index (χ3n) is 4.81. The molecule has 1 atom stereocenters. The Bertz CT molecular complexity index is 989. The van der Waals surface area contributed by atoms with E-state index in [1.807, 2.05) is 0 Å². The molecule has 0 aliphatic carbocycles. The van der Waals surface area contributed by atoms with Crippen molar-refractivity contribution in [2.24, 2.45) is 0 Å². The van der Waals surface area contributed by atoms with Crippen LogP contribution in [0.15, 0.2) is 32.3 Å². The standard InChI is InChI=1S/C16H19N3O6S/c20-15(18-6-8-24-9-7-18)13-2-1-5-19(13)26(22,23)11-3-4-12-14(10-11)25-16(21)17-12/h3-4,10,13H,1-2,5-9H2,(H,17,21)/t13-/m1/s1. The third-order valence-corrected chi connectivity index (χ3v) is 6.71. The first-order valence-electron chi connectivity index (χ1n) is 8.48. The first kappa shape index (κ1) is 17.3. The van der Waals surface area contributed by atoms with Gasteiger partial charge in [-0.25, -0.2) is 13.2 Å². The summed E-state index contributed by atoms with van der Waals surface area (Å²) in [7, 11) is -3.88. The van der Waals surface area contributed by atoms with Gasteiger partial charge in [0.25, 0.3) is 0 Å². The number of carbonyl (C=O) groups is 1. The summed E-state index contributed by atoms with van der Waals surface area (Å²) >= 11 is 0. The molecule has 4 rings (SSSR count). The zero-order valence-corrected chi connectivity index (χ0v) is 14.8.